The second kappa shape index (κ2) is 7.09. The summed E-state index contributed by atoms with van der Waals surface area (Å²) in [5.74, 6) is -0.726. The Kier molecular flexibility index (Phi) is 4.35. The van der Waals surface area contributed by atoms with Gasteiger partial charge in [-0.15, -0.1) is 0 Å². The lowest BCUT2D eigenvalue weighted by molar-refractivity contribution is -0.123. The van der Waals surface area contributed by atoms with Crippen LogP contribution >= 0.6 is 0 Å². The van der Waals surface area contributed by atoms with E-state index in [2.05, 4.69) is 21.0 Å². The van der Waals surface area contributed by atoms with Crippen LogP contribution < -0.4 is 16.0 Å². The minimum atomic E-state index is -1.19. The first-order valence-electron chi connectivity index (χ1n) is 10.2. The van der Waals surface area contributed by atoms with Gasteiger partial charge in [0, 0.05) is 16.9 Å². The lowest BCUT2D eigenvalue weighted by atomic mass is 9.92. The Morgan fingerprint density at radius 3 is 2.65 bits per heavy atom. The third kappa shape index (κ3) is 3.16. The zero-order valence-corrected chi connectivity index (χ0v) is 16.9. The summed E-state index contributed by atoms with van der Waals surface area (Å²) in [6.07, 6.45) is 2.69. The lowest BCUT2D eigenvalue weighted by Crippen LogP contribution is -2.40. The van der Waals surface area contributed by atoms with Crippen molar-refractivity contribution < 1.29 is 14.4 Å². The van der Waals surface area contributed by atoms with Crippen LogP contribution in [-0.2, 0) is 23.2 Å². The monoisotopic (exact) mass is 415 g/mol. The van der Waals surface area contributed by atoms with Crippen LogP contribution in [0.3, 0.4) is 0 Å². The van der Waals surface area contributed by atoms with Gasteiger partial charge in [-0.05, 0) is 56.0 Å². The fourth-order valence-corrected chi connectivity index (χ4v) is 4.25. The quantitative estimate of drug-likeness (QED) is 0.570. The Balaban J connectivity index is 1.44. The van der Waals surface area contributed by atoms with E-state index in [0.717, 1.165) is 36.2 Å². The molecule has 5 rings (SSSR count). The van der Waals surface area contributed by atoms with Crippen molar-refractivity contribution in [2.45, 2.75) is 31.7 Å². The number of nitrogens with one attached hydrogen (secondary N) is 3. The molecule has 2 aromatic carbocycles. The molecule has 2 heterocycles. The molecule has 1 unspecified atom stereocenters. The van der Waals surface area contributed by atoms with Gasteiger partial charge in [-0.1, -0.05) is 30.3 Å². The number of rotatable bonds is 4. The number of urea groups is 1. The van der Waals surface area contributed by atoms with Crippen LogP contribution in [0.5, 0.6) is 0 Å². The van der Waals surface area contributed by atoms with E-state index in [1.807, 2.05) is 35.0 Å². The van der Waals surface area contributed by atoms with Crippen molar-refractivity contribution >= 4 is 23.5 Å². The highest BCUT2D eigenvalue weighted by Crippen LogP contribution is 2.29. The highest BCUT2D eigenvalue weighted by Gasteiger charge is 2.43. The summed E-state index contributed by atoms with van der Waals surface area (Å²) >= 11 is 0. The first-order chi connectivity index (χ1) is 15.0. The average Bonchev–Trinajstić information content (AvgIpc) is 3.43. The van der Waals surface area contributed by atoms with Gasteiger partial charge in [0.15, 0.2) is 5.69 Å². The maximum Gasteiger partial charge on any atom is 0.322 e. The van der Waals surface area contributed by atoms with Gasteiger partial charge in [0.2, 0.25) is 0 Å². The molecule has 0 spiro atoms. The van der Waals surface area contributed by atoms with E-state index in [0.29, 0.717) is 16.9 Å². The molecular formula is C23H21N5O3. The summed E-state index contributed by atoms with van der Waals surface area (Å²) in [6.45, 7) is 1.63. The van der Waals surface area contributed by atoms with E-state index < -0.39 is 17.5 Å². The molecule has 1 aromatic heterocycles. The molecule has 1 saturated heterocycles. The molecule has 1 aliphatic carbocycles. The number of carbonyl (C=O) groups is 3. The van der Waals surface area contributed by atoms with Gasteiger partial charge in [-0.2, -0.15) is 5.10 Å². The van der Waals surface area contributed by atoms with Gasteiger partial charge in [-0.25, -0.2) is 9.48 Å². The Labute approximate surface area is 178 Å². The highest BCUT2D eigenvalue weighted by molar-refractivity contribution is 6.07. The SMILES string of the molecule is CC1(c2cccc(NC(=O)c3nn(-c4ccccc4)c4c3CCC4)c2)NC(=O)NC1=O. The van der Waals surface area contributed by atoms with Crippen molar-refractivity contribution in [2.75, 3.05) is 5.32 Å². The molecule has 8 nitrogen and oxygen atoms in total. The van der Waals surface area contributed by atoms with Gasteiger partial charge in [-0.3, -0.25) is 14.9 Å². The number of imide groups is 1. The largest absolute Gasteiger partial charge is 0.322 e. The molecule has 3 aromatic rings. The molecule has 0 saturated carbocycles. The molecule has 4 amide bonds. The van der Waals surface area contributed by atoms with E-state index in [4.69, 9.17) is 0 Å². The number of nitrogens with zero attached hydrogens (tertiary/aromatic N) is 2. The van der Waals surface area contributed by atoms with Crippen molar-refractivity contribution in [1.82, 2.24) is 20.4 Å². The molecule has 31 heavy (non-hydrogen) atoms. The summed E-state index contributed by atoms with van der Waals surface area (Å²) in [5.41, 5.74) is 3.31. The number of amides is 4. The molecule has 1 atom stereocenters. The highest BCUT2D eigenvalue weighted by atomic mass is 16.2. The molecule has 1 fully saturated rings. The van der Waals surface area contributed by atoms with Crippen molar-refractivity contribution in [2.24, 2.45) is 0 Å². The molecule has 8 heteroatoms. The normalized spacial score (nSPS) is 19.6. The van der Waals surface area contributed by atoms with Gasteiger partial charge in [0.25, 0.3) is 11.8 Å². The maximum atomic E-state index is 13.1. The van der Waals surface area contributed by atoms with E-state index in [-0.39, 0.29) is 5.91 Å². The summed E-state index contributed by atoms with van der Waals surface area (Å²) in [4.78, 5) is 36.9. The second-order valence-corrected chi connectivity index (χ2v) is 7.94. The van der Waals surface area contributed by atoms with Crippen molar-refractivity contribution in [3.63, 3.8) is 0 Å². The number of benzene rings is 2. The fourth-order valence-electron chi connectivity index (χ4n) is 4.25. The van der Waals surface area contributed by atoms with Crippen LogP contribution in [-0.4, -0.2) is 27.6 Å². The third-order valence-electron chi connectivity index (χ3n) is 5.89. The Hall–Kier alpha value is -3.94. The molecule has 3 N–H and O–H groups in total. The van der Waals surface area contributed by atoms with Crippen LogP contribution in [0, 0.1) is 0 Å². The number of carbonyl (C=O) groups excluding carboxylic acids is 3. The number of hydrogen-bond donors (Lipinski definition) is 3. The van der Waals surface area contributed by atoms with Crippen molar-refractivity contribution in [3.8, 4) is 5.69 Å². The first-order valence-corrected chi connectivity index (χ1v) is 10.2. The third-order valence-corrected chi connectivity index (χ3v) is 5.89. The molecule has 156 valence electrons. The van der Waals surface area contributed by atoms with E-state index >= 15 is 0 Å². The first kappa shape index (κ1) is 19.0. The number of aromatic nitrogens is 2. The zero-order chi connectivity index (χ0) is 21.6. The predicted molar refractivity (Wildman–Crippen MR) is 114 cm³/mol. The fraction of sp³-hybridized carbons (Fsp3) is 0.217. The minimum absolute atomic E-state index is 0.296. The van der Waals surface area contributed by atoms with E-state index in [1.54, 1.807) is 31.2 Å². The number of fused-ring (bicyclic) bond motifs is 1. The molecule has 0 radical (unpaired) electrons. The Morgan fingerprint density at radius 1 is 1.10 bits per heavy atom. The van der Waals surface area contributed by atoms with Crippen LogP contribution in [0.2, 0.25) is 0 Å². The Bertz CT molecular complexity index is 1220. The number of anilines is 1. The second-order valence-electron chi connectivity index (χ2n) is 7.94. The number of hydrogen-bond acceptors (Lipinski definition) is 4. The smallest absolute Gasteiger partial charge is 0.321 e. The van der Waals surface area contributed by atoms with Gasteiger partial charge < -0.3 is 10.6 Å². The molecule has 2 aliphatic rings. The summed E-state index contributed by atoms with van der Waals surface area (Å²) in [5, 5.41) is 12.4. The molecular weight excluding hydrogens is 394 g/mol. The molecule has 0 bridgehead atoms. The van der Waals surface area contributed by atoms with E-state index in [9.17, 15) is 14.4 Å². The van der Waals surface area contributed by atoms with Crippen LogP contribution in [0.15, 0.2) is 54.6 Å². The van der Waals surface area contributed by atoms with Gasteiger partial charge >= 0.3 is 6.03 Å². The van der Waals surface area contributed by atoms with Crippen LogP contribution in [0.1, 0.15) is 40.7 Å². The molecule has 1 aliphatic heterocycles. The lowest BCUT2D eigenvalue weighted by Gasteiger charge is -2.21. The minimum Gasteiger partial charge on any atom is -0.321 e. The standard InChI is InChI=1S/C23H21N5O3/c1-23(21(30)25-22(31)26-23)14-7-5-8-15(13-14)24-20(29)19-17-11-6-12-18(17)28(27-19)16-9-3-2-4-10-16/h2-5,7-10,13H,6,11-12H2,1H3,(H,24,29)(H2,25,26,30,31). The van der Waals surface area contributed by atoms with Crippen LogP contribution in [0.25, 0.3) is 5.69 Å². The van der Waals surface area contributed by atoms with Gasteiger partial charge in [0.1, 0.15) is 5.54 Å². The number of para-hydroxylation sites is 1. The summed E-state index contributed by atoms with van der Waals surface area (Å²) in [7, 11) is 0. The summed E-state index contributed by atoms with van der Waals surface area (Å²) in [6, 6.07) is 16.2. The van der Waals surface area contributed by atoms with Crippen molar-refractivity contribution in [3.05, 3.63) is 77.1 Å². The van der Waals surface area contributed by atoms with E-state index in [1.165, 1.54) is 0 Å². The maximum absolute atomic E-state index is 13.1. The van der Waals surface area contributed by atoms with Crippen molar-refractivity contribution in [1.29, 1.82) is 0 Å². The topological polar surface area (TPSA) is 105 Å². The summed E-state index contributed by atoms with van der Waals surface area (Å²) < 4.78 is 1.85. The zero-order valence-electron chi connectivity index (χ0n) is 16.9. The van der Waals surface area contributed by atoms with Crippen LogP contribution in [0.4, 0.5) is 10.5 Å². The Morgan fingerprint density at radius 2 is 1.90 bits per heavy atom. The predicted octanol–water partition coefficient (Wildman–Crippen LogP) is 2.67. The average molecular weight is 415 g/mol. The van der Waals surface area contributed by atoms with Gasteiger partial charge in [0.05, 0.1) is 5.69 Å².